The summed E-state index contributed by atoms with van der Waals surface area (Å²) in [6, 6.07) is 4.93. The van der Waals surface area contributed by atoms with E-state index in [1.807, 2.05) is 18.7 Å². The molecule has 2 heterocycles. The standard InChI is InChI=1S/C20H32N6O3S/c1-4-23-12-14-24(15-13-23)20(27)8-7-11-26-19-10-9-17(16-18(19)21-22-26)30(28,29)25(5-2)6-3/h9-10,16H,4-8,11-15H2,1-3H3. The summed E-state index contributed by atoms with van der Waals surface area (Å²) in [5.41, 5.74) is 1.32. The number of aryl methyl sites for hydroxylation is 1. The summed E-state index contributed by atoms with van der Waals surface area (Å²) in [4.78, 5) is 17.0. The number of benzene rings is 1. The van der Waals surface area contributed by atoms with Crippen molar-refractivity contribution >= 4 is 27.0 Å². The van der Waals surface area contributed by atoms with E-state index in [0.717, 1.165) is 38.2 Å². The molecule has 1 amide bonds. The molecule has 30 heavy (non-hydrogen) atoms. The lowest BCUT2D eigenvalue weighted by Crippen LogP contribution is -2.48. The number of rotatable bonds is 9. The number of likely N-dealkylation sites (N-methyl/N-ethyl adjacent to an activating group) is 1. The fourth-order valence-corrected chi connectivity index (χ4v) is 5.32. The van der Waals surface area contributed by atoms with Crippen LogP contribution in [0.1, 0.15) is 33.6 Å². The third-order valence-electron chi connectivity index (χ3n) is 5.76. The summed E-state index contributed by atoms with van der Waals surface area (Å²) in [6.45, 7) is 11.7. The van der Waals surface area contributed by atoms with Gasteiger partial charge in [0.25, 0.3) is 0 Å². The van der Waals surface area contributed by atoms with Crippen molar-refractivity contribution < 1.29 is 13.2 Å². The van der Waals surface area contributed by atoms with Gasteiger partial charge in [-0.15, -0.1) is 5.10 Å². The van der Waals surface area contributed by atoms with E-state index in [-0.39, 0.29) is 10.8 Å². The van der Waals surface area contributed by atoms with Gasteiger partial charge >= 0.3 is 0 Å². The van der Waals surface area contributed by atoms with Gasteiger partial charge in [-0.05, 0) is 31.2 Å². The van der Waals surface area contributed by atoms with Crippen LogP contribution in [0.15, 0.2) is 23.1 Å². The van der Waals surface area contributed by atoms with Crippen molar-refractivity contribution in [2.24, 2.45) is 0 Å². The second-order valence-electron chi connectivity index (χ2n) is 7.47. The molecular weight excluding hydrogens is 404 g/mol. The molecule has 1 aromatic carbocycles. The molecule has 0 saturated carbocycles. The van der Waals surface area contributed by atoms with Gasteiger partial charge in [0, 0.05) is 52.2 Å². The zero-order valence-electron chi connectivity index (χ0n) is 18.1. The molecule has 9 nitrogen and oxygen atoms in total. The van der Waals surface area contributed by atoms with Crippen LogP contribution in [0, 0.1) is 0 Å². The lowest BCUT2D eigenvalue weighted by atomic mass is 10.2. The highest BCUT2D eigenvalue weighted by atomic mass is 32.2. The minimum Gasteiger partial charge on any atom is -0.340 e. The maximum Gasteiger partial charge on any atom is 0.243 e. The van der Waals surface area contributed by atoms with Crippen molar-refractivity contribution in [1.82, 2.24) is 29.1 Å². The van der Waals surface area contributed by atoms with Crippen molar-refractivity contribution in [3.63, 3.8) is 0 Å². The first-order valence-electron chi connectivity index (χ1n) is 10.7. The van der Waals surface area contributed by atoms with Crippen LogP contribution in [-0.2, 0) is 21.4 Å². The van der Waals surface area contributed by atoms with Gasteiger partial charge in [-0.2, -0.15) is 4.31 Å². The van der Waals surface area contributed by atoms with Crippen LogP contribution >= 0.6 is 0 Å². The summed E-state index contributed by atoms with van der Waals surface area (Å²) in [6.07, 6.45) is 1.15. The number of aromatic nitrogens is 3. The van der Waals surface area contributed by atoms with Crippen molar-refractivity contribution in [2.45, 2.75) is 45.1 Å². The molecule has 166 valence electrons. The SMILES string of the molecule is CCN1CCN(C(=O)CCCn2nnc3cc(S(=O)(=O)N(CC)CC)ccc32)CC1. The summed E-state index contributed by atoms with van der Waals surface area (Å²) in [7, 11) is -3.53. The summed E-state index contributed by atoms with van der Waals surface area (Å²) in [5, 5.41) is 8.30. The second-order valence-corrected chi connectivity index (χ2v) is 9.41. The van der Waals surface area contributed by atoms with E-state index in [0.29, 0.717) is 38.0 Å². The average Bonchev–Trinajstić information content (AvgIpc) is 3.16. The number of fused-ring (bicyclic) bond motifs is 1. The van der Waals surface area contributed by atoms with Crippen LogP contribution in [0.25, 0.3) is 11.0 Å². The summed E-state index contributed by atoms with van der Waals surface area (Å²) < 4.78 is 28.6. The number of nitrogens with zero attached hydrogens (tertiary/aromatic N) is 6. The number of hydrogen-bond acceptors (Lipinski definition) is 6. The summed E-state index contributed by atoms with van der Waals surface area (Å²) in [5.74, 6) is 0.183. The van der Waals surface area contributed by atoms with Crippen molar-refractivity contribution in [2.75, 3.05) is 45.8 Å². The molecule has 1 saturated heterocycles. The Balaban J connectivity index is 1.61. The van der Waals surface area contributed by atoms with Crippen LogP contribution < -0.4 is 0 Å². The van der Waals surface area contributed by atoms with E-state index in [1.165, 1.54) is 4.31 Å². The molecule has 1 aliphatic rings. The minimum absolute atomic E-state index is 0.183. The number of hydrogen-bond donors (Lipinski definition) is 0. The second kappa shape index (κ2) is 9.84. The first kappa shape index (κ1) is 22.6. The quantitative estimate of drug-likeness (QED) is 0.590. The zero-order chi connectivity index (χ0) is 21.7. The van der Waals surface area contributed by atoms with Crippen LogP contribution in [0.3, 0.4) is 0 Å². The molecule has 1 fully saturated rings. The van der Waals surface area contributed by atoms with E-state index in [1.54, 1.807) is 22.9 Å². The van der Waals surface area contributed by atoms with Crippen LogP contribution in [0.2, 0.25) is 0 Å². The number of sulfonamides is 1. The Hall–Kier alpha value is -2.04. The number of piperazine rings is 1. The number of amides is 1. The maximum absolute atomic E-state index is 12.7. The molecule has 0 spiro atoms. The molecule has 0 unspecified atom stereocenters. The minimum atomic E-state index is -3.53. The molecular formula is C20H32N6O3S. The Labute approximate surface area is 178 Å². The molecule has 10 heteroatoms. The average molecular weight is 437 g/mol. The smallest absolute Gasteiger partial charge is 0.243 e. The van der Waals surface area contributed by atoms with Gasteiger partial charge in [0.1, 0.15) is 5.52 Å². The summed E-state index contributed by atoms with van der Waals surface area (Å²) >= 11 is 0. The maximum atomic E-state index is 12.7. The third-order valence-corrected chi connectivity index (χ3v) is 7.81. The lowest BCUT2D eigenvalue weighted by Gasteiger charge is -2.34. The Kier molecular flexibility index (Phi) is 7.43. The first-order chi connectivity index (χ1) is 14.4. The molecule has 0 aliphatic carbocycles. The van der Waals surface area contributed by atoms with E-state index < -0.39 is 10.0 Å². The van der Waals surface area contributed by atoms with Gasteiger partial charge in [-0.3, -0.25) is 4.79 Å². The van der Waals surface area contributed by atoms with Crippen molar-refractivity contribution in [3.8, 4) is 0 Å². The van der Waals surface area contributed by atoms with Gasteiger partial charge in [-0.25, -0.2) is 13.1 Å². The molecule has 1 aromatic heterocycles. The fraction of sp³-hybridized carbons (Fsp3) is 0.650. The Bertz CT molecular complexity index is 962. The van der Waals surface area contributed by atoms with Gasteiger partial charge in [0.05, 0.1) is 10.4 Å². The van der Waals surface area contributed by atoms with E-state index >= 15 is 0 Å². The zero-order valence-corrected chi connectivity index (χ0v) is 18.9. The van der Waals surface area contributed by atoms with Gasteiger partial charge in [-0.1, -0.05) is 26.0 Å². The van der Waals surface area contributed by atoms with E-state index in [2.05, 4.69) is 22.1 Å². The first-order valence-corrected chi connectivity index (χ1v) is 12.2. The Morgan fingerprint density at radius 2 is 1.80 bits per heavy atom. The molecule has 2 aromatic rings. The van der Waals surface area contributed by atoms with Crippen LogP contribution in [-0.4, -0.2) is 89.2 Å². The molecule has 3 rings (SSSR count). The highest BCUT2D eigenvalue weighted by Crippen LogP contribution is 2.21. The van der Waals surface area contributed by atoms with Crippen molar-refractivity contribution in [3.05, 3.63) is 18.2 Å². The predicted octanol–water partition coefficient (Wildman–Crippen LogP) is 1.41. The molecule has 1 aliphatic heterocycles. The predicted molar refractivity (Wildman–Crippen MR) is 116 cm³/mol. The topological polar surface area (TPSA) is 91.6 Å². The molecule has 0 bridgehead atoms. The van der Waals surface area contributed by atoms with E-state index in [4.69, 9.17) is 0 Å². The normalized spacial score (nSPS) is 15.9. The lowest BCUT2D eigenvalue weighted by molar-refractivity contribution is -0.133. The number of carbonyl (C=O) groups excluding carboxylic acids is 1. The Morgan fingerprint density at radius 1 is 1.10 bits per heavy atom. The Morgan fingerprint density at radius 3 is 2.43 bits per heavy atom. The van der Waals surface area contributed by atoms with Crippen LogP contribution in [0.4, 0.5) is 0 Å². The molecule has 0 atom stereocenters. The van der Waals surface area contributed by atoms with Gasteiger partial charge < -0.3 is 9.80 Å². The monoisotopic (exact) mass is 436 g/mol. The highest BCUT2D eigenvalue weighted by Gasteiger charge is 2.23. The molecule has 0 radical (unpaired) electrons. The largest absolute Gasteiger partial charge is 0.340 e. The van der Waals surface area contributed by atoms with Gasteiger partial charge in [0.2, 0.25) is 15.9 Å². The van der Waals surface area contributed by atoms with E-state index in [9.17, 15) is 13.2 Å². The number of carbonyl (C=O) groups is 1. The fourth-order valence-electron chi connectivity index (χ4n) is 3.84. The molecule has 0 N–H and O–H groups in total. The van der Waals surface area contributed by atoms with Crippen LogP contribution in [0.5, 0.6) is 0 Å². The van der Waals surface area contributed by atoms with Gasteiger partial charge in [0.15, 0.2) is 0 Å². The third kappa shape index (κ3) is 4.81. The highest BCUT2D eigenvalue weighted by molar-refractivity contribution is 7.89. The van der Waals surface area contributed by atoms with Crippen molar-refractivity contribution in [1.29, 1.82) is 0 Å².